The molecule has 0 bridgehead atoms. The quantitative estimate of drug-likeness (QED) is 0.841. The van der Waals surface area contributed by atoms with Crippen LogP contribution in [-0.2, 0) is 0 Å². The van der Waals surface area contributed by atoms with Crippen LogP contribution in [0.15, 0.2) is 24.3 Å². The smallest absolute Gasteiger partial charge is 0.120 e. The van der Waals surface area contributed by atoms with Gasteiger partial charge in [-0.15, -0.1) is 0 Å². The molecule has 1 aromatic carbocycles. The van der Waals surface area contributed by atoms with Gasteiger partial charge in [-0.3, -0.25) is 4.90 Å². The first-order valence-corrected chi connectivity index (χ1v) is 7.28. The van der Waals surface area contributed by atoms with Gasteiger partial charge >= 0.3 is 0 Å². The molecule has 1 aliphatic heterocycles. The van der Waals surface area contributed by atoms with Crippen LogP contribution in [0.25, 0.3) is 0 Å². The molecule has 1 aromatic rings. The molecule has 19 heavy (non-hydrogen) atoms. The fraction of sp³-hybridized carbons (Fsp3) is 0.533. The number of hydrogen-bond donors (Lipinski definition) is 1. The van der Waals surface area contributed by atoms with Gasteiger partial charge in [0.2, 0.25) is 0 Å². The van der Waals surface area contributed by atoms with Crippen molar-refractivity contribution in [3.05, 3.63) is 29.8 Å². The topological polar surface area (TPSA) is 38.5 Å². The van der Waals surface area contributed by atoms with Gasteiger partial charge in [0.05, 0.1) is 17.1 Å². The van der Waals surface area contributed by atoms with Crippen molar-refractivity contribution in [2.45, 2.75) is 38.8 Å². The van der Waals surface area contributed by atoms with Crippen molar-refractivity contribution >= 4 is 17.2 Å². The minimum absolute atomic E-state index is 0.0354. The zero-order valence-corrected chi connectivity index (χ0v) is 12.5. The summed E-state index contributed by atoms with van der Waals surface area (Å²) in [6.07, 6.45) is 2.62. The fourth-order valence-corrected chi connectivity index (χ4v) is 2.87. The van der Waals surface area contributed by atoms with Crippen LogP contribution in [0, 0.1) is 0 Å². The second-order valence-electron chi connectivity index (χ2n) is 5.29. The average molecular weight is 278 g/mol. The van der Waals surface area contributed by atoms with Gasteiger partial charge in [0.1, 0.15) is 5.75 Å². The maximum Gasteiger partial charge on any atom is 0.120 e. The predicted octanol–water partition coefficient (Wildman–Crippen LogP) is 2.90. The zero-order chi connectivity index (χ0) is 13.8. The Balaban J connectivity index is 2.23. The highest BCUT2D eigenvalue weighted by Crippen LogP contribution is 2.28. The molecule has 0 spiro atoms. The number of nitrogens with zero attached hydrogens (tertiary/aromatic N) is 1. The summed E-state index contributed by atoms with van der Waals surface area (Å²) in [5.74, 6) is 0.882. The molecule has 104 valence electrons. The Labute approximate surface area is 120 Å². The summed E-state index contributed by atoms with van der Waals surface area (Å²) in [6.45, 7) is 6.19. The molecule has 1 aliphatic rings. The van der Waals surface area contributed by atoms with Crippen molar-refractivity contribution in [1.82, 2.24) is 4.90 Å². The van der Waals surface area contributed by atoms with E-state index >= 15 is 0 Å². The molecule has 0 aromatic heterocycles. The van der Waals surface area contributed by atoms with E-state index < -0.39 is 0 Å². The zero-order valence-electron chi connectivity index (χ0n) is 11.6. The number of thiocarbonyl (C=S) groups is 1. The number of ether oxygens (including phenoxy) is 1. The summed E-state index contributed by atoms with van der Waals surface area (Å²) in [5.41, 5.74) is 7.08. The van der Waals surface area contributed by atoms with Crippen molar-refractivity contribution in [2.75, 3.05) is 13.1 Å². The molecule has 0 amide bonds. The van der Waals surface area contributed by atoms with Gasteiger partial charge in [-0.2, -0.15) is 0 Å². The molecule has 3 nitrogen and oxygen atoms in total. The van der Waals surface area contributed by atoms with Crippen LogP contribution in [0.1, 0.15) is 38.3 Å². The van der Waals surface area contributed by atoms with E-state index in [1.807, 2.05) is 26.0 Å². The lowest BCUT2D eigenvalue weighted by molar-refractivity contribution is 0.241. The van der Waals surface area contributed by atoms with Gasteiger partial charge < -0.3 is 10.5 Å². The fourth-order valence-electron chi connectivity index (χ4n) is 2.58. The van der Waals surface area contributed by atoms with Gasteiger partial charge in [-0.25, -0.2) is 0 Å². The monoisotopic (exact) mass is 278 g/mol. The number of rotatable bonds is 5. The maximum absolute atomic E-state index is 5.95. The van der Waals surface area contributed by atoms with E-state index in [0.717, 1.165) is 24.4 Å². The first-order chi connectivity index (χ1) is 9.08. The molecular formula is C15H22N2OS. The van der Waals surface area contributed by atoms with E-state index in [1.54, 1.807) is 0 Å². The number of hydrogen-bond acceptors (Lipinski definition) is 3. The molecule has 0 saturated carbocycles. The Hall–Kier alpha value is -1.13. The van der Waals surface area contributed by atoms with Crippen LogP contribution in [-0.4, -0.2) is 29.1 Å². The predicted molar refractivity (Wildman–Crippen MR) is 82.5 cm³/mol. The summed E-state index contributed by atoms with van der Waals surface area (Å²) in [4.78, 5) is 2.90. The largest absolute Gasteiger partial charge is 0.491 e. The molecule has 1 fully saturated rings. The lowest BCUT2D eigenvalue weighted by Gasteiger charge is -2.27. The van der Waals surface area contributed by atoms with Crippen LogP contribution in [0.3, 0.4) is 0 Å². The molecule has 1 unspecified atom stereocenters. The van der Waals surface area contributed by atoms with E-state index in [4.69, 9.17) is 22.7 Å². The third kappa shape index (κ3) is 3.67. The Kier molecular flexibility index (Phi) is 4.77. The number of nitrogens with two attached hydrogens (primary N) is 1. The molecule has 1 saturated heterocycles. The van der Waals surface area contributed by atoms with Gasteiger partial charge in [0, 0.05) is 0 Å². The summed E-state index contributed by atoms with van der Waals surface area (Å²) >= 11 is 5.26. The summed E-state index contributed by atoms with van der Waals surface area (Å²) in [5, 5.41) is 0. The molecule has 0 aliphatic carbocycles. The van der Waals surface area contributed by atoms with Crippen LogP contribution < -0.4 is 10.5 Å². The normalized spacial score (nSPS) is 17.6. The average Bonchev–Trinajstić information content (AvgIpc) is 2.82. The number of benzene rings is 1. The molecule has 1 heterocycles. The highest BCUT2D eigenvalue weighted by Gasteiger charge is 2.25. The van der Waals surface area contributed by atoms with Gasteiger partial charge in [-0.1, -0.05) is 24.4 Å². The molecular weight excluding hydrogens is 256 g/mol. The van der Waals surface area contributed by atoms with E-state index in [0.29, 0.717) is 4.99 Å². The minimum atomic E-state index is 0.0354. The van der Waals surface area contributed by atoms with Gasteiger partial charge in [0.25, 0.3) is 0 Å². The lowest BCUT2D eigenvalue weighted by atomic mass is 10.1. The standard InChI is InChI=1S/C15H22N2OS/c1-11(2)18-13-7-5-6-12(10-13)14(15(16)19)17-8-3-4-9-17/h5-7,10-11,14H,3-4,8-9H2,1-2H3,(H2,16,19). The van der Waals surface area contributed by atoms with Crippen molar-refractivity contribution in [2.24, 2.45) is 5.73 Å². The SMILES string of the molecule is CC(C)Oc1cccc(C(C(N)=S)N2CCCC2)c1. The van der Waals surface area contributed by atoms with Crippen molar-refractivity contribution in [1.29, 1.82) is 0 Å². The third-order valence-electron chi connectivity index (χ3n) is 3.32. The van der Waals surface area contributed by atoms with E-state index in [1.165, 1.54) is 12.8 Å². The first kappa shape index (κ1) is 14.3. The Morgan fingerprint density at radius 2 is 2.00 bits per heavy atom. The molecule has 0 radical (unpaired) electrons. The van der Waals surface area contributed by atoms with Crippen LogP contribution in [0.5, 0.6) is 5.75 Å². The molecule has 1 atom stereocenters. The first-order valence-electron chi connectivity index (χ1n) is 6.88. The third-order valence-corrected chi connectivity index (χ3v) is 3.54. The highest BCUT2D eigenvalue weighted by molar-refractivity contribution is 7.80. The van der Waals surface area contributed by atoms with Crippen molar-refractivity contribution < 1.29 is 4.74 Å². The van der Waals surface area contributed by atoms with Gasteiger partial charge in [-0.05, 0) is 57.5 Å². The Morgan fingerprint density at radius 3 is 2.58 bits per heavy atom. The summed E-state index contributed by atoms with van der Waals surface area (Å²) in [7, 11) is 0. The minimum Gasteiger partial charge on any atom is -0.491 e. The van der Waals surface area contributed by atoms with E-state index in [9.17, 15) is 0 Å². The lowest BCUT2D eigenvalue weighted by Crippen LogP contribution is -2.34. The van der Waals surface area contributed by atoms with Crippen LogP contribution in [0.2, 0.25) is 0 Å². The number of likely N-dealkylation sites (tertiary alicyclic amines) is 1. The molecule has 2 rings (SSSR count). The Bertz CT molecular complexity index is 442. The second-order valence-corrected chi connectivity index (χ2v) is 5.76. The summed E-state index contributed by atoms with van der Waals surface area (Å²) < 4.78 is 5.74. The Morgan fingerprint density at radius 1 is 1.32 bits per heavy atom. The highest BCUT2D eigenvalue weighted by atomic mass is 32.1. The van der Waals surface area contributed by atoms with Crippen molar-refractivity contribution in [3.63, 3.8) is 0 Å². The van der Waals surface area contributed by atoms with Crippen molar-refractivity contribution in [3.8, 4) is 5.75 Å². The van der Waals surface area contributed by atoms with Crippen LogP contribution >= 0.6 is 12.2 Å². The second kappa shape index (κ2) is 6.35. The van der Waals surface area contributed by atoms with E-state index in [2.05, 4.69) is 17.0 Å². The summed E-state index contributed by atoms with van der Waals surface area (Å²) in [6, 6.07) is 8.16. The van der Waals surface area contributed by atoms with Crippen LogP contribution in [0.4, 0.5) is 0 Å². The molecule has 2 N–H and O–H groups in total. The van der Waals surface area contributed by atoms with E-state index in [-0.39, 0.29) is 12.1 Å². The van der Waals surface area contributed by atoms with Gasteiger partial charge in [0.15, 0.2) is 0 Å². The molecule has 4 heteroatoms. The maximum atomic E-state index is 5.95.